The number of aliphatic hydroxyl groups excluding tert-OH is 1. The molecule has 0 radical (unpaired) electrons. The fourth-order valence-electron chi connectivity index (χ4n) is 1.89. The Balaban J connectivity index is 1.94. The molecule has 0 aliphatic rings. The second-order valence-electron chi connectivity index (χ2n) is 4.44. The maximum Gasteiger partial charge on any atom is 0.137 e. The van der Waals surface area contributed by atoms with E-state index >= 15 is 0 Å². The van der Waals surface area contributed by atoms with Crippen LogP contribution in [-0.2, 0) is 13.5 Å². The fourth-order valence-corrected chi connectivity index (χ4v) is 1.89. The topological polar surface area (TPSA) is 38.1 Å². The van der Waals surface area contributed by atoms with Crippen LogP contribution in [0.5, 0.6) is 0 Å². The largest absolute Gasteiger partial charge is 0.385 e. The Hall–Kier alpha value is -1.61. The molecule has 90 valence electrons. The van der Waals surface area contributed by atoms with E-state index in [4.69, 9.17) is 0 Å². The van der Waals surface area contributed by atoms with Crippen molar-refractivity contribution in [2.75, 3.05) is 0 Å². The number of hydrogen-bond acceptors (Lipinski definition) is 2. The standard InChI is InChI=1S/C14H18N2O/c1-11-3-5-12(6-4-11)7-8-13(17)14-15-9-10-16(14)2/h3-6,9-10,13,17H,7-8H2,1-2H3. The van der Waals surface area contributed by atoms with Gasteiger partial charge in [-0.3, -0.25) is 0 Å². The quantitative estimate of drug-likeness (QED) is 0.875. The molecule has 17 heavy (non-hydrogen) atoms. The van der Waals surface area contributed by atoms with E-state index in [1.807, 2.05) is 17.8 Å². The summed E-state index contributed by atoms with van der Waals surface area (Å²) in [6.45, 7) is 2.08. The number of aryl methyl sites for hydroxylation is 3. The summed E-state index contributed by atoms with van der Waals surface area (Å²) < 4.78 is 1.86. The van der Waals surface area contributed by atoms with Crippen molar-refractivity contribution >= 4 is 0 Å². The third-order valence-electron chi connectivity index (χ3n) is 2.98. The number of rotatable bonds is 4. The predicted molar refractivity (Wildman–Crippen MR) is 67.7 cm³/mol. The van der Waals surface area contributed by atoms with Gasteiger partial charge in [0.2, 0.25) is 0 Å². The zero-order valence-electron chi connectivity index (χ0n) is 10.3. The summed E-state index contributed by atoms with van der Waals surface area (Å²) in [4.78, 5) is 4.16. The van der Waals surface area contributed by atoms with Gasteiger partial charge in [-0.15, -0.1) is 0 Å². The van der Waals surface area contributed by atoms with Gasteiger partial charge < -0.3 is 9.67 Å². The SMILES string of the molecule is Cc1ccc(CCC(O)c2nccn2C)cc1. The van der Waals surface area contributed by atoms with Crippen LogP contribution in [0.15, 0.2) is 36.7 Å². The molecule has 0 aliphatic heterocycles. The molecule has 0 aliphatic carbocycles. The van der Waals surface area contributed by atoms with Crippen LogP contribution in [0, 0.1) is 6.92 Å². The highest BCUT2D eigenvalue weighted by atomic mass is 16.3. The number of aliphatic hydroxyl groups is 1. The van der Waals surface area contributed by atoms with Gasteiger partial charge in [0.1, 0.15) is 11.9 Å². The first kappa shape index (κ1) is 11.9. The zero-order chi connectivity index (χ0) is 12.3. The zero-order valence-corrected chi connectivity index (χ0v) is 10.3. The smallest absolute Gasteiger partial charge is 0.137 e. The second-order valence-corrected chi connectivity index (χ2v) is 4.44. The second kappa shape index (κ2) is 5.15. The van der Waals surface area contributed by atoms with E-state index in [1.54, 1.807) is 6.20 Å². The van der Waals surface area contributed by atoms with Gasteiger partial charge in [-0.25, -0.2) is 4.98 Å². The van der Waals surface area contributed by atoms with Crippen molar-refractivity contribution in [2.24, 2.45) is 7.05 Å². The first-order valence-electron chi connectivity index (χ1n) is 5.87. The number of nitrogens with zero attached hydrogens (tertiary/aromatic N) is 2. The van der Waals surface area contributed by atoms with E-state index < -0.39 is 6.10 Å². The Morgan fingerprint density at radius 3 is 2.59 bits per heavy atom. The Bertz CT molecular complexity index is 473. The van der Waals surface area contributed by atoms with Gasteiger partial charge in [-0.1, -0.05) is 29.8 Å². The van der Waals surface area contributed by atoms with Crippen LogP contribution in [0.1, 0.15) is 29.5 Å². The van der Waals surface area contributed by atoms with Crippen LogP contribution in [0.2, 0.25) is 0 Å². The van der Waals surface area contributed by atoms with E-state index in [0.717, 1.165) is 12.2 Å². The number of benzene rings is 1. The maximum atomic E-state index is 10.0. The summed E-state index contributed by atoms with van der Waals surface area (Å²) >= 11 is 0. The molecule has 0 bridgehead atoms. The highest BCUT2D eigenvalue weighted by molar-refractivity contribution is 5.21. The lowest BCUT2D eigenvalue weighted by Gasteiger charge is -2.10. The fraction of sp³-hybridized carbons (Fsp3) is 0.357. The third-order valence-corrected chi connectivity index (χ3v) is 2.98. The number of hydrogen-bond donors (Lipinski definition) is 1. The molecule has 0 fully saturated rings. The van der Waals surface area contributed by atoms with Crippen LogP contribution in [0.4, 0.5) is 0 Å². The third kappa shape index (κ3) is 2.94. The molecule has 1 atom stereocenters. The molecule has 3 heteroatoms. The highest BCUT2D eigenvalue weighted by Crippen LogP contribution is 2.17. The Labute approximate surface area is 102 Å². The Morgan fingerprint density at radius 1 is 1.29 bits per heavy atom. The first-order chi connectivity index (χ1) is 8.16. The highest BCUT2D eigenvalue weighted by Gasteiger charge is 2.11. The van der Waals surface area contributed by atoms with Crippen molar-refractivity contribution in [2.45, 2.75) is 25.9 Å². The summed E-state index contributed by atoms with van der Waals surface area (Å²) in [5.41, 5.74) is 2.52. The summed E-state index contributed by atoms with van der Waals surface area (Å²) in [7, 11) is 1.90. The molecule has 0 spiro atoms. The molecule has 1 N–H and O–H groups in total. The van der Waals surface area contributed by atoms with Gasteiger partial charge in [0.15, 0.2) is 0 Å². The summed E-state index contributed by atoms with van der Waals surface area (Å²) in [6.07, 6.45) is 4.65. The van der Waals surface area contributed by atoms with Crippen molar-refractivity contribution in [1.29, 1.82) is 0 Å². The van der Waals surface area contributed by atoms with E-state index in [9.17, 15) is 5.11 Å². The maximum absolute atomic E-state index is 10.0. The van der Waals surface area contributed by atoms with Crippen LogP contribution in [-0.4, -0.2) is 14.7 Å². The van der Waals surface area contributed by atoms with Gasteiger partial charge in [0.05, 0.1) is 0 Å². The summed E-state index contributed by atoms with van der Waals surface area (Å²) in [5.74, 6) is 0.733. The van der Waals surface area contributed by atoms with Crippen LogP contribution in [0.3, 0.4) is 0 Å². The van der Waals surface area contributed by atoms with Crippen LogP contribution >= 0.6 is 0 Å². The van der Waals surface area contributed by atoms with Crippen LogP contribution < -0.4 is 0 Å². The van der Waals surface area contributed by atoms with Gasteiger partial charge in [-0.05, 0) is 25.3 Å². The monoisotopic (exact) mass is 230 g/mol. The van der Waals surface area contributed by atoms with Gasteiger partial charge in [0, 0.05) is 19.4 Å². The number of aromatic nitrogens is 2. The van der Waals surface area contributed by atoms with E-state index in [2.05, 4.69) is 36.2 Å². The number of imidazole rings is 1. The molecule has 2 rings (SSSR count). The van der Waals surface area contributed by atoms with Crippen molar-refractivity contribution in [3.63, 3.8) is 0 Å². The lowest BCUT2D eigenvalue weighted by Crippen LogP contribution is -2.06. The summed E-state index contributed by atoms with van der Waals surface area (Å²) in [6, 6.07) is 8.42. The van der Waals surface area contributed by atoms with E-state index in [0.29, 0.717) is 6.42 Å². The molecule has 1 aromatic carbocycles. The first-order valence-corrected chi connectivity index (χ1v) is 5.87. The molecule has 1 unspecified atom stereocenters. The average Bonchev–Trinajstić information content (AvgIpc) is 2.74. The van der Waals surface area contributed by atoms with Crippen molar-refractivity contribution < 1.29 is 5.11 Å². The van der Waals surface area contributed by atoms with E-state index in [-0.39, 0.29) is 0 Å². The van der Waals surface area contributed by atoms with Gasteiger partial charge >= 0.3 is 0 Å². The molecule has 0 amide bonds. The molecule has 3 nitrogen and oxygen atoms in total. The Morgan fingerprint density at radius 2 is 2.00 bits per heavy atom. The van der Waals surface area contributed by atoms with Crippen molar-refractivity contribution in [3.05, 3.63) is 53.6 Å². The predicted octanol–water partition coefficient (Wildman–Crippen LogP) is 2.39. The van der Waals surface area contributed by atoms with Gasteiger partial charge in [0.25, 0.3) is 0 Å². The molecular weight excluding hydrogens is 212 g/mol. The normalized spacial score (nSPS) is 12.6. The molecule has 0 saturated carbocycles. The lowest BCUT2D eigenvalue weighted by molar-refractivity contribution is 0.154. The van der Waals surface area contributed by atoms with Crippen molar-refractivity contribution in [3.8, 4) is 0 Å². The van der Waals surface area contributed by atoms with Crippen LogP contribution in [0.25, 0.3) is 0 Å². The molecule has 1 aromatic heterocycles. The molecule has 2 aromatic rings. The summed E-state index contributed by atoms with van der Waals surface area (Å²) in [5, 5.41) is 10.0. The minimum atomic E-state index is -0.490. The minimum Gasteiger partial charge on any atom is -0.385 e. The Kier molecular flexibility index (Phi) is 3.59. The lowest BCUT2D eigenvalue weighted by atomic mass is 10.1. The van der Waals surface area contributed by atoms with Crippen molar-refractivity contribution in [1.82, 2.24) is 9.55 Å². The molecule has 0 saturated heterocycles. The molecular formula is C14H18N2O. The van der Waals surface area contributed by atoms with Gasteiger partial charge in [-0.2, -0.15) is 0 Å². The average molecular weight is 230 g/mol. The molecule has 1 heterocycles. The van der Waals surface area contributed by atoms with E-state index in [1.165, 1.54) is 11.1 Å². The minimum absolute atomic E-state index is 0.490.